The fourth-order valence-electron chi connectivity index (χ4n) is 1.82. The van der Waals surface area contributed by atoms with E-state index in [1.807, 2.05) is 19.1 Å². The molecule has 1 aromatic rings. The zero-order valence-electron chi connectivity index (χ0n) is 11.0. The molecule has 2 N–H and O–H groups in total. The second kappa shape index (κ2) is 5.19. The van der Waals surface area contributed by atoms with E-state index in [1.54, 1.807) is 0 Å². The molecular weight excluding hydrogens is 198 g/mol. The van der Waals surface area contributed by atoms with Crippen molar-refractivity contribution in [2.45, 2.75) is 40.2 Å². The molecule has 1 atom stereocenters. The highest BCUT2D eigenvalue weighted by Gasteiger charge is 2.13. The van der Waals surface area contributed by atoms with Gasteiger partial charge in [0.1, 0.15) is 5.82 Å². The summed E-state index contributed by atoms with van der Waals surface area (Å²) in [5.74, 6) is 1.70. The average molecular weight is 221 g/mol. The van der Waals surface area contributed by atoms with Crippen LogP contribution in [-0.4, -0.2) is 18.1 Å². The zero-order chi connectivity index (χ0) is 12.3. The first kappa shape index (κ1) is 12.8. The lowest BCUT2D eigenvalue weighted by atomic mass is 10.0. The predicted molar refractivity (Wildman–Crippen MR) is 70.7 cm³/mol. The van der Waals surface area contributed by atoms with E-state index < -0.39 is 0 Å². The van der Waals surface area contributed by atoms with Crippen molar-refractivity contribution in [2.24, 2.45) is 5.92 Å². The number of pyridine rings is 1. The number of aromatic nitrogens is 1. The monoisotopic (exact) mass is 221 g/mol. The topological polar surface area (TPSA) is 42.2 Å². The van der Waals surface area contributed by atoms with Gasteiger partial charge in [-0.3, -0.25) is 0 Å². The molecule has 0 aromatic carbocycles. The van der Waals surface area contributed by atoms with E-state index in [2.05, 4.69) is 37.7 Å². The van der Waals surface area contributed by atoms with Gasteiger partial charge < -0.3 is 10.6 Å². The molecule has 3 nitrogen and oxygen atoms in total. The van der Waals surface area contributed by atoms with Gasteiger partial charge >= 0.3 is 0 Å². The molecule has 0 spiro atoms. The Hall–Kier alpha value is -1.25. The van der Waals surface area contributed by atoms with Crippen LogP contribution in [0.2, 0.25) is 0 Å². The summed E-state index contributed by atoms with van der Waals surface area (Å²) in [5, 5.41) is 0. The van der Waals surface area contributed by atoms with E-state index in [9.17, 15) is 0 Å². The molecular formula is C13H23N3. The van der Waals surface area contributed by atoms with Gasteiger partial charge in [-0.05, 0) is 38.3 Å². The third-order valence-electron chi connectivity index (χ3n) is 2.95. The largest absolute Gasteiger partial charge is 0.397 e. The first-order chi connectivity index (χ1) is 7.41. The van der Waals surface area contributed by atoms with Crippen LogP contribution in [0, 0.1) is 12.8 Å². The second-order valence-corrected chi connectivity index (χ2v) is 4.93. The molecule has 0 aliphatic carbocycles. The molecule has 1 rings (SSSR count). The predicted octanol–water partition coefficient (Wildman–Crippen LogP) is 2.84. The lowest BCUT2D eigenvalue weighted by Gasteiger charge is -2.27. The van der Waals surface area contributed by atoms with Gasteiger partial charge in [0.25, 0.3) is 0 Å². The molecule has 1 heterocycles. The Bertz CT molecular complexity index is 347. The van der Waals surface area contributed by atoms with Crippen LogP contribution in [0.4, 0.5) is 11.5 Å². The maximum Gasteiger partial charge on any atom is 0.128 e. The maximum atomic E-state index is 5.76. The number of anilines is 2. The third kappa shape index (κ3) is 3.12. The number of aryl methyl sites for hydroxylation is 1. The quantitative estimate of drug-likeness (QED) is 0.850. The van der Waals surface area contributed by atoms with Crippen molar-refractivity contribution in [3.05, 3.63) is 17.8 Å². The fraction of sp³-hybridized carbons (Fsp3) is 0.615. The molecule has 0 amide bonds. The summed E-state index contributed by atoms with van der Waals surface area (Å²) in [5.41, 5.74) is 7.43. The van der Waals surface area contributed by atoms with Crippen LogP contribution in [0.25, 0.3) is 0 Å². The number of hydrogen-bond acceptors (Lipinski definition) is 3. The van der Waals surface area contributed by atoms with Crippen molar-refractivity contribution in [3.63, 3.8) is 0 Å². The van der Waals surface area contributed by atoms with Crippen LogP contribution in [0.15, 0.2) is 12.1 Å². The van der Waals surface area contributed by atoms with E-state index >= 15 is 0 Å². The first-order valence-electron chi connectivity index (χ1n) is 5.87. The van der Waals surface area contributed by atoms with Gasteiger partial charge in [0, 0.05) is 13.1 Å². The number of nitrogens with zero attached hydrogens (tertiary/aromatic N) is 2. The van der Waals surface area contributed by atoms with Gasteiger partial charge in [0.2, 0.25) is 0 Å². The highest BCUT2D eigenvalue weighted by Crippen LogP contribution is 2.19. The molecule has 0 aliphatic rings. The molecule has 0 radical (unpaired) electrons. The van der Waals surface area contributed by atoms with E-state index in [4.69, 9.17) is 5.73 Å². The first-order valence-corrected chi connectivity index (χ1v) is 5.87. The minimum absolute atomic E-state index is 0.496. The molecule has 0 aliphatic heterocycles. The van der Waals surface area contributed by atoms with Crippen molar-refractivity contribution in [3.8, 4) is 0 Å². The molecule has 1 unspecified atom stereocenters. The Morgan fingerprint density at radius 3 is 2.44 bits per heavy atom. The lowest BCUT2D eigenvalue weighted by Crippen LogP contribution is -2.30. The van der Waals surface area contributed by atoms with Gasteiger partial charge in [0.15, 0.2) is 0 Å². The highest BCUT2D eigenvalue weighted by atomic mass is 15.2. The highest BCUT2D eigenvalue weighted by molar-refractivity contribution is 5.50. The van der Waals surface area contributed by atoms with Gasteiger partial charge in [-0.15, -0.1) is 0 Å². The van der Waals surface area contributed by atoms with E-state index in [0.29, 0.717) is 12.0 Å². The summed E-state index contributed by atoms with van der Waals surface area (Å²) < 4.78 is 0. The van der Waals surface area contributed by atoms with Crippen LogP contribution < -0.4 is 10.6 Å². The Morgan fingerprint density at radius 1 is 1.31 bits per heavy atom. The Balaban J connectivity index is 2.79. The minimum atomic E-state index is 0.496. The van der Waals surface area contributed by atoms with Crippen LogP contribution >= 0.6 is 0 Å². The van der Waals surface area contributed by atoms with Crippen molar-refractivity contribution in [1.29, 1.82) is 0 Å². The Morgan fingerprint density at radius 2 is 1.94 bits per heavy atom. The normalized spacial score (nSPS) is 12.9. The third-order valence-corrected chi connectivity index (χ3v) is 2.95. The van der Waals surface area contributed by atoms with Crippen molar-refractivity contribution >= 4 is 11.5 Å². The Kier molecular flexibility index (Phi) is 4.16. The molecule has 3 heteroatoms. The zero-order valence-corrected chi connectivity index (χ0v) is 11.0. The van der Waals surface area contributed by atoms with Crippen molar-refractivity contribution in [1.82, 2.24) is 4.98 Å². The van der Waals surface area contributed by atoms with Crippen LogP contribution in [0.1, 0.15) is 32.9 Å². The number of hydrogen-bond donors (Lipinski definition) is 1. The summed E-state index contributed by atoms with van der Waals surface area (Å²) in [6.45, 7) is 8.66. The SMILES string of the molecule is Cc1nc(N(C)C(C)CC(C)C)ccc1N. The molecule has 0 saturated carbocycles. The summed E-state index contributed by atoms with van der Waals surface area (Å²) in [6, 6.07) is 4.41. The second-order valence-electron chi connectivity index (χ2n) is 4.93. The molecule has 0 fully saturated rings. The summed E-state index contributed by atoms with van der Waals surface area (Å²) in [4.78, 5) is 6.72. The smallest absolute Gasteiger partial charge is 0.128 e. The lowest BCUT2D eigenvalue weighted by molar-refractivity contribution is 0.502. The fourth-order valence-corrected chi connectivity index (χ4v) is 1.82. The molecule has 1 aromatic heterocycles. The summed E-state index contributed by atoms with van der Waals surface area (Å²) >= 11 is 0. The summed E-state index contributed by atoms with van der Waals surface area (Å²) in [7, 11) is 2.09. The van der Waals surface area contributed by atoms with Crippen molar-refractivity contribution < 1.29 is 0 Å². The number of nitrogens with two attached hydrogens (primary N) is 1. The summed E-state index contributed by atoms with van der Waals surface area (Å²) in [6.07, 6.45) is 1.17. The molecule has 90 valence electrons. The number of rotatable bonds is 4. The van der Waals surface area contributed by atoms with E-state index in [0.717, 1.165) is 17.2 Å². The minimum Gasteiger partial charge on any atom is -0.397 e. The number of nitrogen functional groups attached to an aromatic ring is 1. The van der Waals surface area contributed by atoms with E-state index in [1.165, 1.54) is 6.42 Å². The van der Waals surface area contributed by atoms with Gasteiger partial charge in [-0.25, -0.2) is 4.98 Å². The van der Waals surface area contributed by atoms with Crippen LogP contribution in [0.3, 0.4) is 0 Å². The average Bonchev–Trinajstić information content (AvgIpc) is 2.20. The van der Waals surface area contributed by atoms with Gasteiger partial charge in [-0.2, -0.15) is 0 Å². The van der Waals surface area contributed by atoms with Crippen LogP contribution in [0.5, 0.6) is 0 Å². The molecule has 0 bridgehead atoms. The molecule has 16 heavy (non-hydrogen) atoms. The standard InChI is InChI=1S/C13H23N3/c1-9(2)8-10(3)16(5)13-7-6-12(14)11(4)15-13/h6-7,9-10H,8,14H2,1-5H3. The van der Waals surface area contributed by atoms with Crippen molar-refractivity contribution in [2.75, 3.05) is 17.7 Å². The van der Waals surface area contributed by atoms with Gasteiger partial charge in [-0.1, -0.05) is 13.8 Å². The van der Waals surface area contributed by atoms with Crippen LogP contribution in [-0.2, 0) is 0 Å². The van der Waals surface area contributed by atoms with E-state index in [-0.39, 0.29) is 0 Å². The molecule has 0 saturated heterocycles. The maximum absolute atomic E-state index is 5.76. The van der Waals surface area contributed by atoms with Gasteiger partial charge in [0.05, 0.1) is 11.4 Å². The Labute approximate surface area is 98.7 Å².